The molecular weight excluding hydrogens is 261 g/mol. The molecule has 0 saturated heterocycles. The zero-order chi connectivity index (χ0) is 14.6. The van der Waals surface area contributed by atoms with Crippen molar-refractivity contribution >= 4 is 11.7 Å². The molecule has 108 valence electrons. The molecule has 1 aliphatic rings. The maximum Gasteiger partial charge on any atom is 0.392 e. The highest BCUT2D eigenvalue weighted by Crippen LogP contribution is 2.39. The quantitative estimate of drug-likeness (QED) is 0.635. The number of carbonyl (C=O) groups excluding carboxylic acids is 1. The number of nitrogens with zero attached hydrogens (tertiary/aromatic N) is 1. The number of halogens is 3. The van der Waals surface area contributed by atoms with Crippen molar-refractivity contribution in [1.29, 1.82) is 0 Å². The first kappa shape index (κ1) is 15.5. The number of hydrogen-bond acceptors (Lipinski definition) is 4. The maximum atomic E-state index is 12.7. The summed E-state index contributed by atoms with van der Waals surface area (Å²) in [5, 5.41) is 0. The van der Waals surface area contributed by atoms with Gasteiger partial charge in [0.25, 0.3) is 0 Å². The van der Waals surface area contributed by atoms with Crippen LogP contribution in [-0.2, 0) is 9.53 Å². The van der Waals surface area contributed by atoms with Crippen LogP contribution in [0.25, 0.3) is 0 Å². The van der Waals surface area contributed by atoms with Crippen molar-refractivity contribution in [2.45, 2.75) is 32.4 Å². The van der Waals surface area contributed by atoms with Crippen LogP contribution in [-0.4, -0.2) is 31.5 Å². The Morgan fingerprint density at radius 2 is 2.16 bits per heavy atom. The Morgan fingerprint density at radius 3 is 2.63 bits per heavy atom. The summed E-state index contributed by atoms with van der Waals surface area (Å²) < 4.78 is 43.0. The predicted molar refractivity (Wildman–Crippen MR) is 64.6 cm³/mol. The van der Waals surface area contributed by atoms with E-state index in [4.69, 9.17) is 10.5 Å². The van der Waals surface area contributed by atoms with Crippen LogP contribution < -0.4 is 5.73 Å². The fraction of sp³-hybridized carbons (Fsp3) is 0.667. The van der Waals surface area contributed by atoms with E-state index in [0.29, 0.717) is 0 Å². The minimum Gasteiger partial charge on any atom is -0.461 e. The lowest BCUT2D eigenvalue weighted by molar-refractivity contribution is -0.176. The Balaban J connectivity index is 2.99. The second-order valence-corrected chi connectivity index (χ2v) is 4.28. The monoisotopic (exact) mass is 278 g/mol. The largest absolute Gasteiger partial charge is 0.461 e. The van der Waals surface area contributed by atoms with Crippen LogP contribution in [0.3, 0.4) is 0 Å². The fourth-order valence-electron chi connectivity index (χ4n) is 2.04. The molecule has 0 heterocycles. The lowest BCUT2D eigenvalue weighted by atomic mass is 9.84. The first-order valence-electron chi connectivity index (χ1n) is 5.99. The van der Waals surface area contributed by atoms with Gasteiger partial charge in [0.15, 0.2) is 0 Å². The smallest absolute Gasteiger partial charge is 0.392 e. The molecule has 1 rings (SSSR count). The number of alkyl halides is 3. The average molecular weight is 278 g/mol. The average Bonchev–Trinajstić information content (AvgIpc) is 2.31. The van der Waals surface area contributed by atoms with Crippen molar-refractivity contribution in [1.82, 2.24) is 0 Å². The van der Waals surface area contributed by atoms with Gasteiger partial charge in [0, 0.05) is 18.3 Å². The van der Waals surface area contributed by atoms with Gasteiger partial charge in [0.1, 0.15) is 5.71 Å². The first-order valence-corrected chi connectivity index (χ1v) is 5.99. The summed E-state index contributed by atoms with van der Waals surface area (Å²) in [6.07, 6.45) is -4.56. The van der Waals surface area contributed by atoms with Gasteiger partial charge in [-0.3, -0.25) is 4.99 Å². The molecule has 4 nitrogen and oxygen atoms in total. The summed E-state index contributed by atoms with van der Waals surface area (Å²) in [5.41, 5.74) is 6.06. The van der Waals surface area contributed by atoms with Crippen LogP contribution in [0, 0.1) is 5.92 Å². The highest BCUT2D eigenvalue weighted by Gasteiger charge is 2.42. The highest BCUT2D eigenvalue weighted by atomic mass is 19.4. The molecule has 0 fully saturated rings. The van der Waals surface area contributed by atoms with Gasteiger partial charge < -0.3 is 10.5 Å². The van der Waals surface area contributed by atoms with E-state index in [9.17, 15) is 18.0 Å². The molecule has 0 aliphatic heterocycles. The van der Waals surface area contributed by atoms with Crippen molar-refractivity contribution in [3.8, 4) is 0 Å². The maximum absolute atomic E-state index is 12.7. The summed E-state index contributed by atoms with van der Waals surface area (Å²) in [6, 6.07) is 0. The van der Waals surface area contributed by atoms with E-state index in [1.807, 2.05) is 0 Å². The van der Waals surface area contributed by atoms with Crippen molar-refractivity contribution in [2.24, 2.45) is 16.6 Å². The molecular formula is C12H17F3N2O2. The van der Waals surface area contributed by atoms with Crippen LogP contribution in [0.4, 0.5) is 13.2 Å². The molecule has 0 bridgehead atoms. The van der Waals surface area contributed by atoms with E-state index in [1.165, 1.54) is 7.05 Å². The van der Waals surface area contributed by atoms with Crippen molar-refractivity contribution in [2.75, 3.05) is 13.7 Å². The minimum absolute atomic E-state index is 0.0569. The Bertz CT molecular complexity index is 414. The number of nitrogens with two attached hydrogens (primary N) is 1. The van der Waals surface area contributed by atoms with E-state index in [1.54, 1.807) is 6.92 Å². The second-order valence-electron chi connectivity index (χ2n) is 4.28. The minimum atomic E-state index is -4.29. The molecule has 0 aromatic heterocycles. The molecule has 1 aliphatic carbocycles. The number of rotatable bonds is 3. The summed E-state index contributed by atoms with van der Waals surface area (Å²) in [7, 11) is 1.34. The Hall–Kier alpha value is -1.53. The summed E-state index contributed by atoms with van der Waals surface area (Å²) in [6.45, 7) is 1.75. The Morgan fingerprint density at radius 1 is 1.53 bits per heavy atom. The third kappa shape index (κ3) is 3.71. The SMILES string of the molecule is CCOC(=O)C(=NC)C1=C(N)CCC(C(F)(F)F)C1. The van der Waals surface area contributed by atoms with Crippen LogP contribution in [0.5, 0.6) is 0 Å². The van der Waals surface area contributed by atoms with Gasteiger partial charge >= 0.3 is 12.1 Å². The molecule has 7 heteroatoms. The van der Waals surface area contributed by atoms with E-state index >= 15 is 0 Å². The Labute approximate surface area is 109 Å². The van der Waals surface area contributed by atoms with Crippen LogP contribution in [0.1, 0.15) is 26.2 Å². The molecule has 1 atom stereocenters. The number of aliphatic imine (C=N–C) groups is 1. The normalized spacial score (nSPS) is 21.5. The molecule has 0 aromatic rings. The van der Waals surface area contributed by atoms with Crippen molar-refractivity contribution < 1.29 is 22.7 Å². The molecule has 0 aromatic carbocycles. The van der Waals surface area contributed by atoms with Gasteiger partial charge in [-0.1, -0.05) is 0 Å². The third-order valence-corrected chi connectivity index (χ3v) is 3.04. The topological polar surface area (TPSA) is 64.7 Å². The van der Waals surface area contributed by atoms with Crippen LogP contribution in [0.15, 0.2) is 16.3 Å². The van der Waals surface area contributed by atoms with Gasteiger partial charge in [-0.2, -0.15) is 13.2 Å². The van der Waals surface area contributed by atoms with Crippen LogP contribution >= 0.6 is 0 Å². The van der Waals surface area contributed by atoms with Gasteiger partial charge in [0.2, 0.25) is 0 Å². The van der Waals surface area contributed by atoms with Gasteiger partial charge in [-0.15, -0.1) is 0 Å². The zero-order valence-corrected chi connectivity index (χ0v) is 10.9. The second kappa shape index (κ2) is 6.08. The van der Waals surface area contributed by atoms with E-state index in [-0.39, 0.29) is 42.9 Å². The summed E-state index contributed by atoms with van der Waals surface area (Å²) in [5.74, 6) is -2.22. The predicted octanol–water partition coefficient (Wildman–Crippen LogP) is 2.20. The third-order valence-electron chi connectivity index (χ3n) is 3.04. The molecule has 0 radical (unpaired) electrons. The lowest BCUT2D eigenvalue weighted by Crippen LogP contribution is -2.32. The van der Waals surface area contributed by atoms with E-state index in [2.05, 4.69) is 4.99 Å². The number of hydrogen-bond donors (Lipinski definition) is 1. The molecule has 0 amide bonds. The molecule has 1 unspecified atom stereocenters. The standard InChI is InChI=1S/C12H17F3N2O2/c1-3-19-11(18)10(17-2)8-6-7(12(13,14)15)4-5-9(8)16/h7H,3-6,16H2,1-2H3. The number of carbonyl (C=O) groups is 1. The number of allylic oxidation sites excluding steroid dienone is 1. The molecule has 0 saturated carbocycles. The molecule has 2 N–H and O–H groups in total. The van der Waals surface area contributed by atoms with Crippen LogP contribution in [0.2, 0.25) is 0 Å². The Kier molecular flexibility index (Phi) is 4.97. The lowest BCUT2D eigenvalue weighted by Gasteiger charge is -2.27. The van der Waals surface area contributed by atoms with E-state index in [0.717, 1.165) is 0 Å². The fourth-order valence-corrected chi connectivity index (χ4v) is 2.04. The number of ether oxygens (including phenoxy) is 1. The highest BCUT2D eigenvalue weighted by molar-refractivity contribution is 6.43. The molecule has 19 heavy (non-hydrogen) atoms. The van der Waals surface area contributed by atoms with Gasteiger partial charge in [0.05, 0.1) is 12.5 Å². The summed E-state index contributed by atoms with van der Waals surface area (Å²) >= 11 is 0. The van der Waals surface area contributed by atoms with Crippen molar-refractivity contribution in [3.05, 3.63) is 11.3 Å². The first-order chi connectivity index (χ1) is 8.81. The van der Waals surface area contributed by atoms with Crippen molar-refractivity contribution in [3.63, 3.8) is 0 Å². The van der Waals surface area contributed by atoms with Gasteiger partial charge in [-0.05, 0) is 26.2 Å². The molecule has 0 spiro atoms. The zero-order valence-electron chi connectivity index (χ0n) is 10.9. The summed E-state index contributed by atoms with van der Waals surface area (Å²) in [4.78, 5) is 15.4. The number of esters is 1. The van der Waals surface area contributed by atoms with Gasteiger partial charge in [-0.25, -0.2) is 4.79 Å². The van der Waals surface area contributed by atoms with E-state index < -0.39 is 18.1 Å².